The van der Waals surface area contributed by atoms with Crippen LogP contribution in [0, 0.1) is 12.8 Å². The summed E-state index contributed by atoms with van der Waals surface area (Å²) >= 11 is 0. The van der Waals surface area contributed by atoms with E-state index in [1.54, 1.807) is 6.08 Å². The van der Waals surface area contributed by atoms with Crippen LogP contribution < -0.4 is 10.6 Å². The van der Waals surface area contributed by atoms with Crippen LogP contribution in [0.4, 0.5) is 0 Å². The SMILES string of the molecule is CC[C@H](C)[C@H](NC(=O)/C=C/c1ccc(C)cc1)C(=O)NCC1CCCO1. The van der Waals surface area contributed by atoms with Gasteiger partial charge in [0.25, 0.3) is 0 Å². The topological polar surface area (TPSA) is 67.4 Å². The summed E-state index contributed by atoms with van der Waals surface area (Å²) in [6.07, 6.45) is 6.14. The number of carbonyl (C=O) groups excluding carboxylic acids is 2. The second-order valence-corrected chi connectivity index (χ2v) is 7.00. The molecule has 0 spiro atoms. The molecule has 2 amide bonds. The molecule has 1 saturated heterocycles. The number of aryl methyl sites for hydroxylation is 1. The Morgan fingerprint density at radius 3 is 2.65 bits per heavy atom. The van der Waals surface area contributed by atoms with E-state index in [-0.39, 0.29) is 23.8 Å². The summed E-state index contributed by atoms with van der Waals surface area (Å²) in [5.74, 6) is -0.355. The van der Waals surface area contributed by atoms with Crippen molar-refractivity contribution in [1.82, 2.24) is 10.6 Å². The van der Waals surface area contributed by atoms with Gasteiger partial charge in [0, 0.05) is 19.2 Å². The van der Waals surface area contributed by atoms with E-state index < -0.39 is 6.04 Å². The summed E-state index contributed by atoms with van der Waals surface area (Å²) in [5.41, 5.74) is 2.13. The van der Waals surface area contributed by atoms with Crippen LogP contribution in [0.3, 0.4) is 0 Å². The fourth-order valence-corrected chi connectivity index (χ4v) is 2.88. The molecule has 5 nitrogen and oxygen atoms in total. The maximum absolute atomic E-state index is 12.5. The lowest BCUT2D eigenvalue weighted by Crippen LogP contribution is -2.51. The molecule has 0 bridgehead atoms. The number of hydrogen-bond donors (Lipinski definition) is 2. The van der Waals surface area contributed by atoms with Crippen molar-refractivity contribution in [1.29, 1.82) is 0 Å². The lowest BCUT2D eigenvalue weighted by atomic mass is 9.98. The highest BCUT2D eigenvalue weighted by Crippen LogP contribution is 2.12. The van der Waals surface area contributed by atoms with Crippen LogP contribution in [0.5, 0.6) is 0 Å². The molecule has 0 aliphatic carbocycles. The fraction of sp³-hybridized carbons (Fsp3) is 0.524. The highest BCUT2D eigenvalue weighted by Gasteiger charge is 2.26. The molecule has 2 N–H and O–H groups in total. The molecule has 2 rings (SSSR count). The van der Waals surface area contributed by atoms with Gasteiger partial charge in [-0.2, -0.15) is 0 Å². The van der Waals surface area contributed by atoms with Crippen LogP contribution in [0.15, 0.2) is 30.3 Å². The smallest absolute Gasteiger partial charge is 0.244 e. The number of hydrogen-bond acceptors (Lipinski definition) is 3. The minimum Gasteiger partial charge on any atom is -0.376 e. The van der Waals surface area contributed by atoms with E-state index in [2.05, 4.69) is 10.6 Å². The van der Waals surface area contributed by atoms with Gasteiger partial charge < -0.3 is 15.4 Å². The number of nitrogens with one attached hydrogen (secondary N) is 2. The molecule has 1 aromatic rings. The van der Waals surface area contributed by atoms with E-state index in [0.29, 0.717) is 6.54 Å². The standard InChI is InChI=1S/C21H30N2O3/c1-4-16(3)20(21(25)22-14-18-6-5-13-26-18)23-19(24)12-11-17-9-7-15(2)8-10-17/h7-12,16,18,20H,4-6,13-14H2,1-3H3,(H,22,25)(H,23,24)/b12-11+/t16-,18?,20-/m0/s1. The molecular weight excluding hydrogens is 328 g/mol. The van der Waals surface area contributed by atoms with Crippen molar-refractivity contribution >= 4 is 17.9 Å². The Morgan fingerprint density at radius 1 is 1.31 bits per heavy atom. The minimum absolute atomic E-state index is 0.0521. The third kappa shape index (κ3) is 6.30. The molecular formula is C21H30N2O3. The Labute approximate surface area is 156 Å². The van der Waals surface area contributed by atoms with E-state index in [1.165, 1.54) is 11.6 Å². The van der Waals surface area contributed by atoms with Crippen molar-refractivity contribution in [2.45, 2.75) is 52.2 Å². The van der Waals surface area contributed by atoms with Crippen LogP contribution in [-0.4, -0.2) is 37.1 Å². The molecule has 1 aliphatic heterocycles. The van der Waals surface area contributed by atoms with E-state index in [1.807, 2.05) is 45.0 Å². The zero-order valence-corrected chi connectivity index (χ0v) is 16.0. The molecule has 1 unspecified atom stereocenters. The number of amides is 2. The predicted octanol–water partition coefficient (Wildman–Crippen LogP) is 2.83. The highest BCUT2D eigenvalue weighted by molar-refractivity contribution is 5.95. The summed E-state index contributed by atoms with van der Waals surface area (Å²) in [4.78, 5) is 24.8. The van der Waals surface area contributed by atoms with Crippen molar-refractivity contribution in [2.75, 3.05) is 13.2 Å². The van der Waals surface area contributed by atoms with Gasteiger partial charge in [-0.3, -0.25) is 9.59 Å². The van der Waals surface area contributed by atoms with Crippen molar-refractivity contribution < 1.29 is 14.3 Å². The average Bonchev–Trinajstić information content (AvgIpc) is 3.16. The van der Waals surface area contributed by atoms with Gasteiger partial charge in [0.05, 0.1) is 6.10 Å². The summed E-state index contributed by atoms with van der Waals surface area (Å²) in [7, 11) is 0. The van der Waals surface area contributed by atoms with Crippen molar-refractivity contribution in [3.05, 3.63) is 41.5 Å². The lowest BCUT2D eigenvalue weighted by Gasteiger charge is -2.23. The minimum atomic E-state index is -0.545. The van der Waals surface area contributed by atoms with Crippen molar-refractivity contribution in [2.24, 2.45) is 5.92 Å². The van der Waals surface area contributed by atoms with Gasteiger partial charge in [-0.25, -0.2) is 0 Å². The quantitative estimate of drug-likeness (QED) is 0.702. The molecule has 1 aliphatic rings. The van der Waals surface area contributed by atoms with Crippen molar-refractivity contribution in [3.63, 3.8) is 0 Å². The van der Waals surface area contributed by atoms with Crippen LogP contribution in [0.2, 0.25) is 0 Å². The second-order valence-electron chi connectivity index (χ2n) is 7.00. The second kappa shape index (κ2) is 10.1. The number of benzene rings is 1. The van der Waals surface area contributed by atoms with Crippen LogP contribution in [0.25, 0.3) is 6.08 Å². The van der Waals surface area contributed by atoms with Gasteiger partial charge >= 0.3 is 0 Å². The van der Waals surface area contributed by atoms with Crippen LogP contribution in [0.1, 0.15) is 44.2 Å². The number of carbonyl (C=O) groups is 2. The molecule has 26 heavy (non-hydrogen) atoms. The monoisotopic (exact) mass is 358 g/mol. The third-order valence-electron chi connectivity index (χ3n) is 4.83. The van der Waals surface area contributed by atoms with Gasteiger partial charge in [-0.1, -0.05) is 50.1 Å². The predicted molar refractivity (Wildman–Crippen MR) is 104 cm³/mol. The Hall–Kier alpha value is -2.14. The van der Waals surface area contributed by atoms with Crippen molar-refractivity contribution in [3.8, 4) is 0 Å². The largest absolute Gasteiger partial charge is 0.376 e. The molecule has 0 aromatic heterocycles. The molecule has 0 saturated carbocycles. The summed E-state index contributed by atoms with van der Waals surface area (Å²) in [5, 5.41) is 5.77. The number of rotatable bonds is 8. The maximum atomic E-state index is 12.5. The molecule has 1 heterocycles. The van der Waals surface area contributed by atoms with Gasteiger partial charge in [0.15, 0.2) is 0 Å². The third-order valence-corrected chi connectivity index (χ3v) is 4.83. The van der Waals surface area contributed by atoms with E-state index in [0.717, 1.165) is 31.4 Å². The Morgan fingerprint density at radius 2 is 2.04 bits per heavy atom. The molecule has 1 fully saturated rings. The molecule has 1 aromatic carbocycles. The number of ether oxygens (including phenoxy) is 1. The Balaban J connectivity index is 1.91. The lowest BCUT2D eigenvalue weighted by molar-refractivity contribution is -0.128. The van der Waals surface area contributed by atoms with E-state index in [4.69, 9.17) is 4.74 Å². The van der Waals surface area contributed by atoms with E-state index >= 15 is 0 Å². The van der Waals surface area contributed by atoms with Gasteiger partial charge in [0.2, 0.25) is 11.8 Å². The molecule has 5 heteroatoms. The normalized spacial score (nSPS) is 19.3. The zero-order chi connectivity index (χ0) is 18.9. The summed E-state index contributed by atoms with van der Waals surface area (Å²) in [6, 6.07) is 7.37. The summed E-state index contributed by atoms with van der Waals surface area (Å²) in [6.45, 7) is 7.27. The molecule has 0 radical (unpaired) electrons. The first-order valence-electron chi connectivity index (χ1n) is 9.44. The van der Waals surface area contributed by atoms with Gasteiger partial charge in [-0.05, 0) is 37.3 Å². The zero-order valence-electron chi connectivity index (χ0n) is 16.0. The first-order chi connectivity index (χ1) is 12.5. The maximum Gasteiger partial charge on any atom is 0.244 e. The van der Waals surface area contributed by atoms with Gasteiger partial charge in [0.1, 0.15) is 6.04 Å². The summed E-state index contributed by atoms with van der Waals surface area (Å²) < 4.78 is 5.53. The molecule has 3 atom stereocenters. The first kappa shape index (κ1) is 20.2. The van der Waals surface area contributed by atoms with Crippen LogP contribution >= 0.6 is 0 Å². The van der Waals surface area contributed by atoms with E-state index in [9.17, 15) is 9.59 Å². The fourth-order valence-electron chi connectivity index (χ4n) is 2.88. The highest BCUT2D eigenvalue weighted by atomic mass is 16.5. The average molecular weight is 358 g/mol. The van der Waals surface area contributed by atoms with Crippen LogP contribution in [-0.2, 0) is 14.3 Å². The molecule has 142 valence electrons. The first-order valence-corrected chi connectivity index (χ1v) is 9.44. The Kier molecular flexibility index (Phi) is 7.85. The Bertz CT molecular complexity index is 619. The van der Waals surface area contributed by atoms with Gasteiger partial charge in [-0.15, -0.1) is 0 Å².